The Morgan fingerprint density at radius 3 is 2.52 bits per heavy atom. The van der Waals surface area contributed by atoms with E-state index >= 15 is 0 Å². The summed E-state index contributed by atoms with van der Waals surface area (Å²) in [4.78, 5) is 30.4. The normalized spacial score (nSPS) is 10.6. The van der Waals surface area contributed by atoms with E-state index in [9.17, 15) is 9.59 Å². The molecule has 0 saturated carbocycles. The second-order valence-electron chi connectivity index (χ2n) is 6.81. The van der Waals surface area contributed by atoms with Crippen molar-refractivity contribution in [2.75, 3.05) is 12.4 Å². The lowest BCUT2D eigenvalue weighted by atomic mass is 10.1. The first-order chi connectivity index (χ1) is 15.0. The van der Waals surface area contributed by atoms with Crippen LogP contribution in [-0.4, -0.2) is 27.8 Å². The second kappa shape index (κ2) is 8.93. The fraction of sp³-hybridized carbons (Fsp3) is 0.130. The van der Waals surface area contributed by atoms with E-state index in [1.54, 1.807) is 7.11 Å². The first kappa shape index (κ1) is 20.5. The number of methoxy groups -OCH3 is 1. The maximum Gasteiger partial charge on any atom is 0.277 e. The van der Waals surface area contributed by atoms with E-state index in [1.807, 2.05) is 61.5 Å². The van der Waals surface area contributed by atoms with Crippen LogP contribution in [0.5, 0.6) is 5.75 Å². The summed E-state index contributed by atoms with van der Waals surface area (Å²) in [7, 11) is 1.62. The van der Waals surface area contributed by atoms with Crippen LogP contribution >= 0.6 is 11.3 Å². The molecule has 0 aliphatic heterocycles. The van der Waals surface area contributed by atoms with Gasteiger partial charge in [0.15, 0.2) is 5.13 Å². The number of hydrogen-bond donors (Lipinski definition) is 1. The van der Waals surface area contributed by atoms with Crippen LogP contribution in [0.4, 0.5) is 5.13 Å². The number of thiazole rings is 1. The van der Waals surface area contributed by atoms with E-state index in [2.05, 4.69) is 15.4 Å². The molecule has 0 bridgehead atoms. The van der Waals surface area contributed by atoms with E-state index in [1.165, 1.54) is 28.2 Å². The number of amides is 1. The van der Waals surface area contributed by atoms with Crippen molar-refractivity contribution in [1.29, 1.82) is 0 Å². The Hall–Kier alpha value is -3.78. The summed E-state index contributed by atoms with van der Waals surface area (Å²) in [5.74, 6) is 0.346. The van der Waals surface area contributed by atoms with E-state index in [-0.39, 0.29) is 11.3 Å². The number of anilines is 1. The average molecular weight is 433 g/mol. The van der Waals surface area contributed by atoms with E-state index in [4.69, 9.17) is 4.74 Å². The number of carbonyl (C=O) groups excluding carboxylic acids is 1. The van der Waals surface area contributed by atoms with Gasteiger partial charge in [-0.15, -0.1) is 11.3 Å². The minimum absolute atomic E-state index is 0.148. The molecule has 0 fully saturated rings. The van der Waals surface area contributed by atoms with Crippen molar-refractivity contribution in [2.45, 2.75) is 13.5 Å². The van der Waals surface area contributed by atoms with Gasteiger partial charge in [-0.3, -0.25) is 14.9 Å². The summed E-state index contributed by atoms with van der Waals surface area (Å²) in [6.07, 6.45) is 0. The number of ether oxygens (including phenoxy) is 1. The van der Waals surface area contributed by atoms with E-state index in [0.717, 1.165) is 27.4 Å². The van der Waals surface area contributed by atoms with Crippen LogP contribution in [0, 0.1) is 6.92 Å². The lowest BCUT2D eigenvalue weighted by molar-refractivity contribution is 0.102. The predicted molar refractivity (Wildman–Crippen MR) is 121 cm³/mol. The van der Waals surface area contributed by atoms with Crippen LogP contribution in [0.25, 0.3) is 11.3 Å². The Labute approximate surface area is 183 Å². The summed E-state index contributed by atoms with van der Waals surface area (Å²) >= 11 is 1.38. The Balaban J connectivity index is 1.53. The molecule has 4 aromatic rings. The number of benzene rings is 2. The molecule has 0 aliphatic carbocycles. The molecule has 8 heteroatoms. The molecule has 4 rings (SSSR count). The Bertz CT molecular complexity index is 1260. The zero-order valence-electron chi connectivity index (χ0n) is 17.0. The molecular weight excluding hydrogens is 412 g/mol. The predicted octanol–water partition coefficient (Wildman–Crippen LogP) is 3.98. The van der Waals surface area contributed by atoms with Gasteiger partial charge < -0.3 is 4.74 Å². The third-order valence-corrected chi connectivity index (χ3v) is 5.54. The molecule has 2 aromatic heterocycles. The average Bonchev–Trinajstić information content (AvgIpc) is 3.15. The zero-order chi connectivity index (χ0) is 21.8. The molecule has 0 saturated heterocycles. The zero-order valence-corrected chi connectivity index (χ0v) is 17.8. The smallest absolute Gasteiger partial charge is 0.277 e. The van der Waals surface area contributed by atoms with Crippen molar-refractivity contribution < 1.29 is 9.53 Å². The number of aromatic nitrogens is 3. The molecule has 7 nitrogen and oxygen atoms in total. The maximum absolute atomic E-state index is 12.7. The first-order valence-electron chi connectivity index (χ1n) is 9.59. The van der Waals surface area contributed by atoms with Crippen LogP contribution in [0.3, 0.4) is 0 Å². The maximum atomic E-state index is 12.7. The van der Waals surface area contributed by atoms with Crippen molar-refractivity contribution >= 4 is 22.4 Å². The summed E-state index contributed by atoms with van der Waals surface area (Å²) < 4.78 is 6.47. The molecule has 2 heterocycles. The highest BCUT2D eigenvalue weighted by Crippen LogP contribution is 2.31. The largest absolute Gasteiger partial charge is 0.497 e. The molecule has 156 valence electrons. The first-order valence-corrected chi connectivity index (χ1v) is 10.4. The summed E-state index contributed by atoms with van der Waals surface area (Å²) in [5, 5.41) is 7.48. The fourth-order valence-electron chi connectivity index (χ4n) is 3.07. The van der Waals surface area contributed by atoms with Gasteiger partial charge in [0.05, 0.1) is 19.3 Å². The minimum Gasteiger partial charge on any atom is -0.497 e. The number of hydrogen-bond acceptors (Lipinski definition) is 6. The van der Waals surface area contributed by atoms with Gasteiger partial charge in [0, 0.05) is 16.5 Å². The van der Waals surface area contributed by atoms with Gasteiger partial charge in [-0.2, -0.15) is 5.10 Å². The Morgan fingerprint density at radius 1 is 1.06 bits per heavy atom. The van der Waals surface area contributed by atoms with Gasteiger partial charge in [0.25, 0.3) is 11.5 Å². The second-order valence-corrected chi connectivity index (χ2v) is 8.01. The fourth-order valence-corrected chi connectivity index (χ4v) is 3.90. The molecule has 0 atom stereocenters. The highest BCUT2D eigenvalue weighted by Gasteiger charge is 2.15. The van der Waals surface area contributed by atoms with Crippen molar-refractivity contribution in [1.82, 2.24) is 14.8 Å². The molecule has 0 spiro atoms. The van der Waals surface area contributed by atoms with Gasteiger partial charge in [-0.05, 0) is 42.8 Å². The lowest BCUT2D eigenvalue weighted by Crippen LogP contribution is -2.26. The van der Waals surface area contributed by atoms with Crippen molar-refractivity contribution in [3.63, 3.8) is 0 Å². The quantitative estimate of drug-likeness (QED) is 0.498. The molecule has 0 unspecified atom stereocenters. The van der Waals surface area contributed by atoms with Gasteiger partial charge >= 0.3 is 0 Å². The number of carbonyl (C=O) groups is 1. The molecular formula is C23H20N4O3S. The minimum atomic E-state index is -0.420. The topological polar surface area (TPSA) is 86.1 Å². The number of rotatable bonds is 6. The third-order valence-electron chi connectivity index (χ3n) is 4.65. The third kappa shape index (κ3) is 4.70. The molecule has 31 heavy (non-hydrogen) atoms. The molecule has 0 radical (unpaired) electrons. The standard InChI is InChI=1S/C23H20N4O3S/c1-15-21(17-8-10-18(30-2)11-9-17)24-23(31-15)25-22(29)19-12-13-20(28)27(26-19)14-16-6-4-3-5-7-16/h3-13H,14H2,1-2H3,(H,24,25,29). The summed E-state index contributed by atoms with van der Waals surface area (Å²) in [5.41, 5.74) is 2.53. The van der Waals surface area contributed by atoms with Gasteiger partial charge in [-0.25, -0.2) is 9.67 Å². The SMILES string of the molecule is COc1ccc(-c2nc(NC(=O)c3ccc(=O)n(Cc4ccccc4)n3)sc2C)cc1. The lowest BCUT2D eigenvalue weighted by Gasteiger charge is -2.07. The Kier molecular flexibility index (Phi) is 5.90. The Morgan fingerprint density at radius 2 is 1.81 bits per heavy atom. The van der Waals surface area contributed by atoms with Crippen molar-refractivity contribution in [3.8, 4) is 17.0 Å². The number of nitrogens with one attached hydrogen (secondary N) is 1. The van der Waals surface area contributed by atoms with E-state index < -0.39 is 5.91 Å². The van der Waals surface area contributed by atoms with E-state index in [0.29, 0.717) is 11.7 Å². The highest BCUT2D eigenvalue weighted by atomic mass is 32.1. The number of aryl methyl sites for hydroxylation is 1. The van der Waals surface area contributed by atoms with Gasteiger partial charge in [0.1, 0.15) is 11.4 Å². The van der Waals surface area contributed by atoms with Crippen LogP contribution in [-0.2, 0) is 6.54 Å². The van der Waals surface area contributed by atoms with Crippen LogP contribution < -0.4 is 15.6 Å². The molecule has 1 amide bonds. The van der Waals surface area contributed by atoms with Crippen LogP contribution in [0.1, 0.15) is 20.9 Å². The highest BCUT2D eigenvalue weighted by molar-refractivity contribution is 7.16. The summed E-state index contributed by atoms with van der Waals surface area (Å²) in [6, 6.07) is 19.8. The monoisotopic (exact) mass is 432 g/mol. The van der Waals surface area contributed by atoms with Crippen molar-refractivity contribution in [3.05, 3.63) is 93.2 Å². The molecule has 2 aromatic carbocycles. The van der Waals surface area contributed by atoms with Crippen LogP contribution in [0.2, 0.25) is 0 Å². The molecule has 0 aliphatic rings. The van der Waals surface area contributed by atoms with Gasteiger partial charge in [0.2, 0.25) is 0 Å². The molecule has 1 N–H and O–H groups in total. The summed E-state index contributed by atoms with van der Waals surface area (Å²) in [6.45, 7) is 2.24. The van der Waals surface area contributed by atoms with Gasteiger partial charge in [-0.1, -0.05) is 30.3 Å². The van der Waals surface area contributed by atoms with Crippen molar-refractivity contribution in [2.24, 2.45) is 0 Å². The van der Waals surface area contributed by atoms with Crippen LogP contribution in [0.15, 0.2) is 71.5 Å². The number of nitrogens with zero attached hydrogens (tertiary/aromatic N) is 3.